The molecule has 0 atom stereocenters. The molecule has 0 bridgehead atoms. The van der Waals surface area contributed by atoms with E-state index in [0.29, 0.717) is 12.2 Å². The summed E-state index contributed by atoms with van der Waals surface area (Å²) in [6, 6.07) is 13.6. The lowest BCUT2D eigenvalue weighted by atomic mass is 10.1. The molecule has 2 rings (SSSR count). The van der Waals surface area contributed by atoms with Crippen LogP contribution in [0, 0.1) is 13.8 Å². The first-order valence-corrected chi connectivity index (χ1v) is 6.72. The molecule has 104 valence electrons. The summed E-state index contributed by atoms with van der Waals surface area (Å²) < 4.78 is 5.00. The Bertz CT molecular complexity index is 620. The second-order valence-electron chi connectivity index (χ2n) is 4.69. The van der Waals surface area contributed by atoms with Crippen molar-refractivity contribution >= 4 is 17.3 Å². The fourth-order valence-corrected chi connectivity index (χ4v) is 2.00. The number of aryl methyl sites for hydroxylation is 2. The van der Waals surface area contributed by atoms with Crippen LogP contribution in [0.25, 0.3) is 0 Å². The number of hydrogen-bond donors (Lipinski definition) is 1. The Morgan fingerprint density at radius 1 is 1.05 bits per heavy atom. The number of ether oxygens (including phenoxy) is 1. The predicted octanol–water partition coefficient (Wildman–Crippen LogP) is 4.22. The number of carbonyl (C=O) groups excluding carboxylic acids is 1. The Hall–Kier alpha value is -2.29. The summed E-state index contributed by atoms with van der Waals surface area (Å²) in [5.74, 6) is -0.280. The molecule has 1 N–H and O–H groups in total. The van der Waals surface area contributed by atoms with Gasteiger partial charge >= 0.3 is 5.97 Å². The van der Waals surface area contributed by atoms with Crippen LogP contribution in [-0.2, 0) is 4.74 Å². The Morgan fingerprint density at radius 3 is 2.40 bits per heavy atom. The zero-order valence-corrected chi connectivity index (χ0v) is 12.1. The van der Waals surface area contributed by atoms with E-state index in [4.69, 9.17) is 4.74 Å². The standard InChI is InChI=1S/C17H19NO2/c1-4-20-17(19)14-9-10-16(13(3)11-14)18-15-8-6-5-7-12(15)2/h5-11,18H,4H2,1-3H3. The molecule has 0 spiro atoms. The quantitative estimate of drug-likeness (QED) is 0.844. The van der Waals surface area contributed by atoms with Crippen molar-refractivity contribution in [2.24, 2.45) is 0 Å². The Morgan fingerprint density at radius 2 is 1.75 bits per heavy atom. The van der Waals surface area contributed by atoms with Crippen molar-refractivity contribution < 1.29 is 9.53 Å². The SMILES string of the molecule is CCOC(=O)c1ccc(Nc2ccccc2C)c(C)c1. The van der Waals surface area contributed by atoms with Crippen LogP contribution in [0.2, 0.25) is 0 Å². The minimum absolute atomic E-state index is 0.280. The molecule has 2 aromatic carbocycles. The number of benzene rings is 2. The van der Waals surface area contributed by atoms with Gasteiger partial charge in [0.05, 0.1) is 12.2 Å². The third-order valence-corrected chi connectivity index (χ3v) is 3.15. The van der Waals surface area contributed by atoms with Crippen LogP contribution >= 0.6 is 0 Å². The molecule has 0 heterocycles. The molecule has 3 heteroatoms. The third kappa shape index (κ3) is 3.18. The van der Waals surface area contributed by atoms with E-state index < -0.39 is 0 Å². The van der Waals surface area contributed by atoms with Crippen molar-refractivity contribution in [3.63, 3.8) is 0 Å². The summed E-state index contributed by atoms with van der Waals surface area (Å²) >= 11 is 0. The average molecular weight is 269 g/mol. The molecular formula is C17H19NO2. The van der Waals surface area contributed by atoms with Crippen molar-refractivity contribution in [1.29, 1.82) is 0 Å². The maximum Gasteiger partial charge on any atom is 0.338 e. The van der Waals surface area contributed by atoms with Crippen LogP contribution in [-0.4, -0.2) is 12.6 Å². The molecule has 0 fully saturated rings. The Labute approximate surface area is 119 Å². The summed E-state index contributed by atoms with van der Waals surface area (Å²) in [7, 11) is 0. The van der Waals surface area contributed by atoms with Crippen LogP contribution < -0.4 is 5.32 Å². The topological polar surface area (TPSA) is 38.3 Å². The molecule has 0 aliphatic heterocycles. The highest BCUT2D eigenvalue weighted by Gasteiger charge is 2.08. The molecule has 20 heavy (non-hydrogen) atoms. The van der Waals surface area contributed by atoms with E-state index >= 15 is 0 Å². The van der Waals surface area contributed by atoms with Gasteiger partial charge in [-0.3, -0.25) is 0 Å². The van der Waals surface area contributed by atoms with Gasteiger partial charge in [0.25, 0.3) is 0 Å². The second-order valence-corrected chi connectivity index (χ2v) is 4.69. The molecule has 0 saturated carbocycles. The highest BCUT2D eigenvalue weighted by atomic mass is 16.5. The van der Waals surface area contributed by atoms with Crippen molar-refractivity contribution in [2.45, 2.75) is 20.8 Å². The van der Waals surface area contributed by atoms with Gasteiger partial charge in [0.15, 0.2) is 0 Å². The van der Waals surface area contributed by atoms with Gasteiger partial charge in [-0.15, -0.1) is 0 Å². The first-order valence-electron chi connectivity index (χ1n) is 6.72. The average Bonchev–Trinajstić information content (AvgIpc) is 2.43. The van der Waals surface area contributed by atoms with Gasteiger partial charge in [0.1, 0.15) is 0 Å². The zero-order chi connectivity index (χ0) is 14.5. The summed E-state index contributed by atoms with van der Waals surface area (Å²) in [5.41, 5.74) is 4.84. The number of nitrogens with one attached hydrogen (secondary N) is 1. The molecular weight excluding hydrogens is 250 g/mol. The van der Waals surface area contributed by atoms with E-state index in [1.54, 1.807) is 13.0 Å². The molecule has 0 aromatic heterocycles. The molecule has 3 nitrogen and oxygen atoms in total. The minimum atomic E-state index is -0.280. The van der Waals surface area contributed by atoms with E-state index in [1.165, 1.54) is 5.56 Å². The molecule has 0 saturated heterocycles. The fourth-order valence-electron chi connectivity index (χ4n) is 2.00. The number of esters is 1. The molecule has 0 radical (unpaired) electrons. The summed E-state index contributed by atoms with van der Waals surface area (Å²) in [5, 5.41) is 3.39. The first-order chi connectivity index (χ1) is 9.61. The maximum atomic E-state index is 11.7. The lowest BCUT2D eigenvalue weighted by Crippen LogP contribution is -2.05. The maximum absolute atomic E-state index is 11.7. The summed E-state index contributed by atoms with van der Waals surface area (Å²) in [6.07, 6.45) is 0. The van der Waals surface area contributed by atoms with Crippen LogP contribution in [0.5, 0.6) is 0 Å². The monoisotopic (exact) mass is 269 g/mol. The lowest BCUT2D eigenvalue weighted by Gasteiger charge is -2.12. The highest BCUT2D eigenvalue weighted by Crippen LogP contribution is 2.24. The van der Waals surface area contributed by atoms with Crippen LogP contribution in [0.15, 0.2) is 42.5 Å². The Balaban J connectivity index is 2.22. The smallest absolute Gasteiger partial charge is 0.338 e. The van der Waals surface area contributed by atoms with Gasteiger partial charge in [-0.25, -0.2) is 4.79 Å². The molecule has 0 aliphatic rings. The van der Waals surface area contributed by atoms with E-state index in [2.05, 4.69) is 18.3 Å². The minimum Gasteiger partial charge on any atom is -0.462 e. The number of rotatable bonds is 4. The van der Waals surface area contributed by atoms with Crippen LogP contribution in [0.3, 0.4) is 0 Å². The largest absolute Gasteiger partial charge is 0.462 e. The third-order valence-electron chi connectivity index (χ3n) is 3.15. The predicted molar refractivity (Wildman–Crippen MR) is 81.6 cm³/mol. The fraction of sp³-hybridized carbons (Fsp3) is 0.235. The molecule has 0 aliphatic carbocycles. The van der Waals surface area contributed by atoms with E-state index in [9.17, 15) is 4.79 Å². The van der Waals surface area contributed by atoms with E-state index in [1.807, 2.05) is 37.3 Å². The van der Waals surface area contributed by atoms with Gasteiger partial charge in [-0.2, -0.15) is 0 Å². The van der Waals surface area contributed by atoms with Gasteiger partial charge < -0.3 is 10.1 Å². The normalized spacial score (nSPS) is 10.2. The van der Waals surface area contributed by atoms with Gasteiger partial charge in [0.2, 0.25) is 0 Å². The first kappa shape index (κ1) is 14.1. The second kappa shape index (κ2) is 6.24. The van der Waals surface area contributed by atoms with E-state index in [0.717, 1.165) is 16.9 Å². The van der Waals surface area contributed by atoms with Crippen LogP contribution in [0.4, 0.5) is 11.4 Å². The van der Waals surface area contributed by atoms with Gasteiger partial charge in [-0.05, 0) is 56.2 Å². The highest BCUT2D eigenvalue weighted by molar-refractivity contribution is 5.90. The van der Waals surface area contributed by atoms with Gasteiger partial charge in [-0.1, -0.05) is 18.2 Å². The number of carbonyl (C=O) groups is 1. The number of anilines is 2. The lowest BCUT2D eigenvalue weighted by molar-refractivity contribution is 0.0526. The molecule has 2 aromatic rings. The van der Waals surface area contributed by atoms with Crippen molar-refractivity contribution in [3.05, 3.63) is 59.2 Å². The molecule has 0 unspecified atom stereocenters. The Kier molecular flexibility index (Phi) is 4.41. The van der Waals surface area contributed by atoms with E-state index in [-0.39, 0.29) is 5.97 Å². The van der Waals surface area contributed by atoms with Crippen LogP contribution in [0.1, 0.15) is 28.4 Å². The summed E-state index contributed by atoms with van der Waals surface area (Å²) in [4.78, 5) is 11.7. The zero-order valence-electron chi connectivity index (χ0n) is 12.1. The van der Waals surface area contributed by atoms with Gasteiger partial charge in [0, 0.05) is 11.4 Å². The van der Waals surface area contributed by atoms with Crippen molar-refractivity contribution in [1.82, 2.24) is 0 Å². The van der Waals surface area contributed by atoms with Crippen molar-refractivity contribution in [2.75, 3.05) is 11.9 Å². The number of para-hydroxylation sites is 1. The van der Waals surface area contributed by atoms with Crippen molar-refractivity contribution in [3.8, 4) is 0 Å². The molecule has 0 amide bonds. The number of hydrogen-bond acceptors (Lipinski definition) is 3. The summed E-state index contributed by atoms with van der Waals surface area (Å²) in [6.45, 7) is 6.23.